The second kappa shape index (κ2) is 21.1. The SMILES string of the molecule is CC(=O)Nc1cc(N(/C=C/C=C/S(=O)(=O)[O-])c2ccc(Cl)cc2)ccc1N=Nc1c(C#N)c(C)nn1-c1c(Cl)cc(NC(=O)c2cccc(S(=O)(=O)[O-])c2)cc1Cl.[Na+].[Na+]. The molecule has 5 rings (SSSR count). The van der Waals surface area contributed by atoms with Crippen molar-refractivity contribution in [2.75, 3.05) is 15.5 Å². The first kappa shape index (κ1) is 49.5. The molecule has 0 saturated heterocycles. The Morgan fingerprint density at radius 1 is 0.881 bits per heavy atom. The fourth-order valence-corrected chi connectivity index (χ4v) is 6.66. The standard InChI is InChI=1S/C36H27Cl3N8O8S2.2Na/c1-21-29(20-40)35(47(45-21)34-30(38)17-25(18-31(34)39)42-36(49)23-6-5-7-28(16-23)57(53,54)55)44-43-32-13-12-27(19-33(32)41-22(2)48)46(14-3-4-15-56(50,51)52)26-10-8-24(37)9-11-26;;/h3-19H,1-2H3,(H,41,48)(H,42,49)(H,50,51,52)(H,53,54,55);;/q;2*+1/p-2/b14-3+,15-4+,44-43?;;. The summed E-state index contributed by atoms with van der Waals surface area (Å²) in [5.74, 6) is -1.33. The maximum atomic E-state index is 12.9. The van der Waals surface area contributed by atoms with Crippen LogP contribution in [0.4, 0.5) is 34.3 Å². The Morgan fingerprint density at radius 2 is 1.53 bits per heavy atom. The van der Waals surface area contributed by atoms with Crippen molar-refractivity contribution in [3.8, 4) is 11.8 Å². The van der Waals surface area contributed by atoms with Gasteiger partial charge in [0.15, 0.2) is 5.82 Å². The van der Waals surface area contributed by atoms with Crippen LogP contribution >= 0.6 is 34.8 Å². The Morgan fingerprint density at radius 3 is 2.12 bits per heavy atom. The molecule has 2 amide bonds. The molecule has 2 N–H and O–H groups in total. The average Bonchev–Trinajstić information content (AvgIpc) is 3.44. The predicted octanol–water partition coefficient (Wildman–Crippen LogP) is 2.26. The molecule has 0 aliphatic carbocycles. The number of benzene rings is 4. The molecule has 0 aliphatic rings. The van der Waals surface area contributed by atoms with E-state index in [1.165, 1.54) is 54.2 Å². The van der Waals surface area contributed by atoms with Gasteiger partial charge in [-0.1, -0.05) is 46.9 Å². The first-order valence-corrected chi connectivity index (χ1v) is 19.9. The number of nitriles is 1. The van der Waals surface area contributed by atoms with Crippen LogP contribution < -0.4 is 74.6 Å². The Hall–Kier alpha value is -3.91. The van der Waals surface area contributed by atoms with Crippen LogP contribution in [-0.4, -0.2) is 47.5 Å². The molecule has 23 heteroatoms. The molecule has 0 saturated carbocycles. The number of aryl methyl sites for hydroxylation is 1. The van der Waals surface area contributed by atoms with Gasteiger partial charge in [0.1, 0.15) is 43.2 Å². The Kier molecular flexibility index (Phi) is 17.6. The van der Waals surface area contributed by atoms with Crippen molar-refractivity contribution in [2.45, 2.75) is 18.7 Å². The fourth-order valence-electron chi connectivity index (χ4n) is 5.08. The second-order valence-corrected chi connectivity index (χ2v) is 15.5. The quantitative estimate of drug-likeness (QED) is 0.0796. The molecule has 59 heavy (non-hydrogen) atoms. The van der Waals surface area contributed by atoms with Crippen molar-refractivity contribution in [2.24, 2.45) is 10.2 Å². The van der Waals surface area contributed by atoms with Crippen molar-refractivity contribution >= 4 is 101 Å². The maximum Gasteiger partial charge on any atom is 1.00 e. The van der Waals surface area contributed by atoms with E-state index in [0.717, 1.165) is 18.2 Å². The first-order chi connectivity index (χ1) is 26.8. The average molecular weight is 914 g/mol. The third-order valence-electron chi connectivity index (χ3n) is 7.54. The summed E-state index contributed by atoms with van der Waals surface area (Å²) in [5, 5.41) is 29.1. The van der Waals surface area contributed by atoms with Gasteiger partial charge in [0, 0.05) is 46.2 Å². The number of aromatic nitrogens is 2. The van der Waals surface area contributed by atoms with Crippen molar-refractivity contribution < 1.29 is 94.6 Å². The van der Waals surface area contributed by atoms with E-state index < -0.39 is 36.9 Å². The molecule has 0 bridgehead atoms. The molecular weight excluding hydrogens is 889 g/mol. The van der Waals surface area contributed by atoms with E-state index in [0.29, 0.717) is 21.8 Å². The van der Waals surface area contributed by atoms with E-state index in [4.69, 9.17) is 34.8 Å². The van der Waals surface area contributed by atoms with Crippen LogP contribution in [0.3, 0.4) is 0 Å². The van der Waals surface area contributed by atoms with Crippen molar-refractivity contribution in [3.05, 3.63) is 135 Å². The number of amides is 2. The minimum Gasteiger partial charge on any atom is -0.744 e. The molecule has 0 unspecified atom stereocenters. The monoisotopic (exact) mass is 912 g/mol. The number of hydrogen-bond donors (Lipinski definition) is 2. The zero-order valence-corrected chi connectivity index (χ0v) is 39.1. The van der Waals surface area contributed by atoms with Gasteiger partial charge in [-0.2, -0.15) is 10.4 Å². The summed E-state index contributed by atoms with van der Waals surface area (Å²) in [5.41, 5.74) is 1.56. The molecule has 16 nitrogen and oxygen atoms in total. The normalized spacial score (nSPS) is 11.6. The number of rotatable bonds is 12. The molecule has 1 heterocycles. The van der Waals surface area contributed by atoms with Gasteiger partial charge in [0.05, 0.1) is 26.3 Å². The minimum atomic E-state index is -4.82. The molecule has 292 valence electrons. The summed E-state index contributed by atoms with van der Waals surface area (Å²) in [4.78, 5) is 26.2. The van der Waals surface area contributed by atoms with Gasteiger partial charge in [0.25, 0.3) is 5.91 Å². The Labute approximate surface area is 397 Å². The molecule has 4 aromatic carbocycles. The Balaban J connectivity index is 0.00000465. The molecule has 0 atom stereocenters. The Bertz CT molecular complexity index is 2760. The predicted molar refractivity (Wildman–Crippen MR) is 212 cm³/mol. The fraction of sp³-hybridized carbons (Fsp3) is 0.0556. The zero-order valence-electron chi connectivity index (χ0n) is 31.2. The number of halogens is 3. The maximum absolute atomic E-state index is 12.9. The first-order valence-electron chi connectivity index (χ1n) is 15.9. The van der Waals surface area contributed by atoms with Gasteiger partial charge in [-0.25, -0.2) is 21.5 Å². The summed E-state index contributed by atoms with van der Waals surface area (Å²) in [6.45, 7) is 2.81. The third-order valence-corrected chi connectivity index (χ3v) is 9.69. The van der Waals surface area contributed by atoms with Crippen LogP contribution in [0.15, 0.2) is 118 Å². The largest absolute Gasteiger partial charge is 1.00 e. The van der Waals surface area contributed by atoms with Gasteiger partial charge in [-0.05, 0) is 85.8 Å². The van der Waals surface area contributed by atoms with Gasteiger partial charge >= 0.3 is 59.1 Å². The van der Waals surface area contributed by atoms with E-state index in [2.05, 4.69) is 26.0 Å². The number of azo groups is 1. The number of nitrogens with one attached hydrogen (secondary N) is 2. The van der Waals surface area contributed by atoms with Crippen LogP contribution in [0.25, 0.3) is 5.69 Å². The molecule has 0 spiro atoms. The van der Waals surface area contributed by atoms with Gasteiger partial charge in [0.2, 0.25) is 5.91 Å². The van der Waals surface area contributed by atoms with Crippen LogP contribution in [0, 0.1) is 18.3 Å². The molecule has 5 aromatic rings. The van der Waals surface area contributed by atoms with Crippen molar-refractivity contribution in [1.82, 2.24) is 9.78 Å². The number of nitrogens with zero attached hydrogens (tertiary/aromatic N) is 6. The molecular formula is C36H25Cl3N8Na2O8S2. The second-order valence-electron chi connectivity index (χ2n) is 11.6. The summed E-state index contributed by atoms with van der Waals surface area (Å²) in [6.07, 6.45) is 3.85. The summed E-state index contributed by atoms with van der Waals surface area (Å²) >= 11 is 19.4. The molecule has 1 aromatic heterocycles. The van der Waals surface area contributed by atoms with E-state index >= 15 is 0 Å². The number of carbonyl (C=O) groups excluding carboxylic acids is 2. The van der Waals surface area contributed by atoms with Crippen LogP contribution in [0.5, 0.6) is 0 Å². The van der Waals surface area contributed by atoms with Gasteiger partial charge in [-0.15, -0.1) is 10.2 Å². The third kappa shape index (κ3) is 13.0. The van der Waals surface area contributed by atoms with Crippen LogP contribution in [0.2, 0.25) is 15.1 Å². The van der Waals surface area contributed by atoms with E-state index in [1.54, 1.807) is 48.2 Å². The number of hydrogen-bond acceptors (Lipinski definition) is 13. The molecule has 0 fully saturated rings. The summed E-state index contributed by atoms with van der Waals surface area (Å²) in [6, 6.07) is 20.5. The van der Waals surface area contributed by atoms with Gasteiger partial charge < -0.3 is 24.6 Å². The van der Waals surface area contributed by atoms with Crippen LogP contribution in [-0.2, 0) is 25.0 Å². The minimum absolute atomic E-state index is 0. The van der Waals surface area contributed by atoms with Gasteiger partial charge in [-0.3, -0.25) is 9.59 Å². The van der Waals surface area contributed by atoms with E-state index in [-0.39, 0.29) is 115 Å². The number of anilines is 4. The van der Waals surface area contributed by atoms with Crippen LogP contribution in [0.1, 0.15) is 28.5 Å². The van der Waals surface area contributed by atoms with Crippen molar-refractivity contribution in [3.63, 3.8) is 0 Å². The van der Waals surface area contributed by atoms with E-state index in [1.807, 2.05) is 6.07 Å². The topological polar surface area (TPSA) is 242 Å². The molecule has 0 radical (unpaired) electrons. The number of allylic oxidation sites excluding steroid dienone is 2. The summed E-state index contributed by atoms with van der Waals surface area (Å²) in [7, 11) is -9.45. The molecule has 0 aliphatic heterocycles. The zero-order chi connectivity index (χ0) is 41.7. The summed E-state index contributed by atoms with van der Waals surface area (Å²) < 4.78 is 68.7. The smallest absolute Gasteiger partial charge is 0.744 e. The van der Waals surface area contributed by atoms with E-state index in [9.17, 15) is 40.8 Å². The van der Waals surface area contributed by atoms with Crippen molar-refractivity contribution in [1.29, 1.82) is 5.26 Å². The number of carbonyl (C=O) groups is 2.